The highest BCUT2D eigenvalue weighted by atomic mass is 32.1. The van der Waals surface area contributed by atoms with Crippen LogP contribution in [0.2, 0.25) is 0 Å². The average Bonchev–Trinajstić information content (AvgIpc) is 3.51. The molecule has 4 heterocycles. The zero-order chi connectivity index (χ0) is 20.9. The number of hydrogen-bond acceptors (Lipinski definition) is 5. The highest BCUT2D eigenvalue weighted by Crippen LogP contribution is 2.27. The van der Waals surface area contributed by atoms with Gasteiger partial charge in [-0.25, -0.2) is 9.67 Å². The fraction of sp³-hybridized carbons (Fsp3) is 0.130. The van der Waals surface area contributed by atoms with E-state index in [4.69, 9.17) is 0 Å². The number of nitrogens with zero attached hydrogens (tertiary/aromatic N) is 5. The standard InChI is InChI=1S/C23H18N6OS/c1-28-21-8-14(7-16-12-31-13-24-16)5-6-17(21)19-10-26-29(23(30)22(19)28)11-15-3-2-4-20-18(15)9-25-27-20/h2-6,8-10,12-13H,7,11H2,1H3,(H,25,27). The maximum Gasteiger partial charge on any atom is 0.291 e. The van der Waals surface area contributed by atoms with E-state index in [-0.39, 0.29) is 5.56 Å². The highest BCUT2D eigenvalue weighted by molar-refractivity contribution is 7.07. The van der Waals surface area contributed by atoms with Crippen molar-refractivity contribution in [1.29, 1.82) is 0 Å². The molecule has 0 aliphatic carbocycles. The first-order valence-corrected chi connectivity index (χ1v) is 10.9. The largest absolute Gasteiger partial charge is 0.339 e. The Bertz CT molecular complexity index is 1620. The summed E-state index contributed by atoms with van der Waals surface area (Å²) in [5.74, 6) is 0. The Balaban J connectivity index is 1.47. The van der Waals surface area contributed by atoms with Crippen molar-refractivity contribution in [3.05, 3.63) is 86.9 Å². The third-order valence-electron chi connectivity index (χ3n) is 5.83. The fourth-order valence-corrected chi connectivity index (χ4v) is 4.85. The van der Waals surface area contributed by atoms with Gasteiger partial charge in [-0.2, -0.15) is 10.2 Å². The summed E-state index contributed by atoms with van der Waals surface area (Å²) in [6, 6.07) is 12.3. The molecule has 2 aromatic carbocycles. The van der Waals surface area contributed by atoms with Gasteiger partial charge in [0.1, 0.15) is 5.52 Å². The van der Waals surface area contributed by atoms with Gasteiger partial charge in [0.15, 0.2) is 0 Å². The lowest BCUT2D eigenvalue weighted by Gasteiger charge is -2.06. The van der Waals surface area contributed by atoms with E-state index < -0.39 is 0 Å². The van der Waals surface area contributed by atoms with Gasteiger partial charge >= 0.3 is 0 Å². The van der Waals surface area contributed by atoms with Crippen molar-refractivity contribution >= 4 is 44.0 Å². The number of H-pyrrole nitrogens is 1. The van der Waals surface area contributed by atoms with Gasteiger partial charge in [0.25, 0.3) is 5.56 Å². The Kier molecular flexibility index (Phi) is 4.00. The minimum atomic E-state index is -0.0993. The Morgan fingerprint density at radius 1 is 1.10 bits per heavy atom. The van der Waals surface area contributed by atoms with Crippen LogP contribution in [0, 0.1) is 0 Å². The Morgan fingerprint density at radius 2 is 2.03 bits per heavy atom. The van der Waals surface area contributed by atoms with Crippen LogP contribution in [-0.4, -0.2) is 29.5 Å². The molecule has 0 fully saturated rings. The number of nitrogens with one attached hydrogen (secondary N) is 1. The highest BCUT2D eigenvalue weighted by Gasteiger charge is 2.15. The first-order valence-electron chi connectivity index (χ1n) is 9.94. The smallest absolute Gasteiger partial charge is 0.291 e. The van der Waals surface area contributed by atoms with Gasteiger partial charge in [0, 0.05) is 40.5 Å². The number of fused-ring (bicyclic) bond motifs is 4. The maximum atomic E-state index is 13.4. The van der Waals surface area contributed by atoms with Gasteiger partial charge in [-0.05, 0) is 23.3 Å². The van der Waals surface area contributed by atoms with Crippen molar-refractivity contribution in [2.75, 3.05) is 0 Å². The monoisotopic (exact) mass is 426 g/mol. The summed E-state index contributed by atoms with van der Waals surface area (Å²) in [5.41, 5.74) is 7.62. The fourth-order valence-electron chi connectivity index (χ4n) is 4.29. The molecule has 0 saturated carbocycles. The molecule has 0 saturated heterocycles. The first kappa shape index (κ1) is 18.0. The van der Waals surface area contributed by atoms with E-state index in [1.165, 1.54) is 10.2 Å². The molecule has 6 aromatic rings. The summed E-state index contributed by atoms with van der Waals surface area (Å²) in [7, 11) is 1.94. The lowest BCUT2D eigenvalue weighted by molar-refractivity contribution is 0.647. The van der Waals surface area contributed by atoms with Gasteiger partial charge < -0.3 is 4.57 Å². The van der Waals surface area contributed by atoms with Crippen LogP contribution in [0.15, 0.2) is 64.5 Å². The van der Waals surface area contributed by atoms with Crippen molar-refractivity contribution in [3.63, 3.8) is 0 Å². The number of aromatic amines is 1. The minimum Gasteiger partial charge on any atom is -0.339 e. The van der Waals surface area contributed by atoms with Crippen LogP contribution in [0.5, 0.6) is 0 Å². The molecule has 0 bridgehead atoms. The van der Waals surface area contributed by atoms with Crippen LogP contribution in [0.3, 0.4) is 0 Å². The van der Waals surface area contributed by atoms with E-state index in [9.17, 15) is 4.79 Å². The Hall–Kier alpha value is -3.78. The topological polar surface area (TPSA) is 81.4 Å². The molecule has 6 rings (SSSR count). The number of benzene rings is 2. The van der Waals surface area contributed by atoms with Crippen molar-refractivity contribution in [3.8, 4) is 0 Å². The van der Waals surface area contributed by atoms with E-state index in [1.807, 2.05) is 35.3 Å². The molecule has 152 valence electrons. The number of aromatic nitrogens is 6. The van der Waals surface area contributed by atoms with E-state index in [1.54, 1.807) is 23.7 Å². The van der Waals surface area contributed by atoms with E-state index in [0.717, 1.165) is 44.9 Å². The van der Waals surface area contributed by atoms with Crippen LogP contribution < -0.4 is 5.56 Å². The van der Waals surface area contributed by atoms with Gasteiger partial charge in [-0.3, -0.25) is 9.89 Å². The molecule has 0 aliphatic rings. The summed E-state index contributed by atoms with van der Waals surface area (Å²) in [4.78, 5) is 17.8. The van der Waals surface area contributed by atoms with Crippen molar-refractivity contribution in [2.45, 2.75) is 13.0 Å². The van der Waals surface area contributed by atoms with Crippen molar-refractivity contribution in [1.82, 2.24) is 29.5 Å². The minimum absolute atomic E-state index is 0.0993. The lowest BCUT2D eigenvalue weighted by Crippen LogP contribution is -2.24. The van der Waals surface area contributed by atoms with Gasteiger partial charge in [-0.15, -0.1) is 11.3 Å². The van der Waals surface area contributed by atoms with Crippen LogP contribution in [0.25, 0.3) is 32.7 Å². The third kappa shape index (κ3) is 2.87. The van der Waals surface area contributed by atoms with Gasteiger partial charge in [0.05, 0.1) is 35.7 Å². The molecule has 4 aromatic heterocycles. The Morgan fingerprint density at radius 3 is 2.90 bits per heavy atom. The molecule has 0 unspecified atom stereocenters. The number of thiazole rings is 1. The first-order chi connectivity index (χ1) is 15.2. The predicted molar refractivity (Wildman–Crippen MR) is 123 cm³/mol. The zero-order valence-corrected chi connectivity index (χ0v) is 17.6. The molecule has 0 atom stereocenters. The van der Waals surface area contributed by atoms with Crippen molar-refractivity contribution in [2.24, 2.45) is 7.05 Å². The predicted octanol–water partition coefficient (Wildman–Crippen LogP) is 3.86. The normalized spacial score (nSPS) is 11.8. The summed E-state index contributed by atoms with van der Waals surface area (Å²) >= 11 is 1.60. The molecule has 8 heteroatoms. The molecule has 0 amide bonds. The molecule has 1 N–H and O–H groups in total. The number of aryl methyl sites for hydroxylation is 1. The SMILES string of the molecule is Cn1c2cc(Cc3cscn3)ccc2c2cnn(Cc3cccc4[nH]ncc34)c(=O)c21. The second-order valence-corrected chi connectivity index (χ2v) is 8.40. The van der Waals surface area contributed by atoms with Gasteiger partial charge in [0.2, 0.25) is 0 Å². The summed E-state index contributed by atoms with van der Waals surface area (Å²) in [6.07, 6.45) is 4.36. The molecular formula is C23H18N6OS. The van der Waals surface area contributed by atoms with E-state index >= 15 is 0 Å². The third-order valence-corrected chi connectivity index (χ3v) is 6.47. The van der Waals surface area contributed by atoms with Crippen LogP contribution in [0.1, 0.15) is 16.8 Å². The molecular weight excluding hydrogens is 408 g/mol. The van der Waals surface area contributed by atoms with E-state index in [2.05, 4.69) is 43.9 Å². The zero-order valence-electron chi connectivity index (χ0n) is 16.7. The second-order valence-electron chi connectivity index (χ2n) is 7.69. The molecule has 0 radical (unpaired) electrons. The van der Waals surface area contributed by atoms with Crippen LogP contribution in [-0.2, 0) is 20.0 Å². The summed E-state index contributed by atoms with van der Waals surface area (Å²) in [5, 5.41) is 16.6. The van der Waals surface area contributed by atoms with Crippen LogP contribution >= 0.6 is 11.3 Å². The maximum absolute atomic E-state index is 13.4. The quantitative estimate of drug-likeness (QED) is 0.464. The van der Waals surface area contributed by atoms with Crippen molar-refractivity contribution < 1.29 is 0 Å². The number of hydrogen-bond donors (Lipinski definition) is 1. The Labute approximate surface area is 180 Å². The van der Waals surface area contributed by atoms with Crippen LogP contribution in [0.4, 0.5) is 0 Å². The molecule has 31 heavy (non-hydrogen) atoms. The second kappa shape index (κ2) is 6.88. The lowest BCUT2D eigenvalue weighted by atomic mass is 10.1. The summed E-state index contributed by atoms with van der Waals surface area (Å²) in [6.45, 7) is 0.391. The number of rotatable bonds is 4. The average molecular weight is 427 g/mol. The van der Waals surface area contributed by atoms with E-state index in [0.29, 0.717) is 12.1 Å². The van der Waals surface area contributed by atoms with Gasteiger partial charge in [-0.1, -0.05) is 24.3 Å². The molecule has 7 nitrogen and oxygen atoms in total. The summed E-state index contributed by atoms with van der Waals surface area (Å²) < 4.78 is 3.51. The molecule has 0 spiro atoms. The molecule has 0 aliphatic heterocycles.